The van der Waals surface area contributed by atoms with E-state index in [1.165, 1.54) is 41.7 Å². The molecule has 1 unspecified atom stereocenters. The molecule has 1 aromatic carbocycles. The average Bonchev–Trinajstić information content (AvgIpc) is 2.99. The number of aliphatic imine (C=N–C) groups is 1. The molecule has 0 radical (unpaired) electrons. The van der Waals surface area contributed by atoms with Gasteiger partial charge in [0, 0.05) is 29.4 Å². The number of ether oxygens (including phenoxy) is 1. The maximum atomic E-state index is 9.92. The highest BCUT2D eigenvalue weighted by Gasteiger charge is 2.27. The molecule has 258 valence electrons. The van der Waals surface area contributed by atoms with Crippen LogP contribution in [0.25, 0.3) is 11.1 Å². The molecule has 0 aliphatic heterocycles. The fraction of sp³-hybridized carbons (Fsp3) is 0.600. The summed E-state index contributed by atoms with van der Waals surface area (Å²) in [6.07, 6.45) is 12.3. The minimum Gasteiger partial charge on any atom is -0.493 e. The van der Waals surface area contributed by atoms with Crippen LogP contribution in [-0.2, 0) is 6.42 Å². The lowest BCUT2D eigenvalue weighted by Crippen LogP contribution is -2.19. The van der Waals surface area contributed by atoms with Gasteiger partial charge in [-0.25, -0.2) is 4.98 Å². The van der Waals surface area contributed by atoms with E-state index < -0.39 is 5.60 Å². The molecule has 2 aromatic rings. The Morgan fingerprint density at radius 2 is 1.87 bits per heavy atom. The van der Waals surface area contributed by atoms with Gasteiger partial charge in [0.2, 0.25) is 0 Å². The Kier molecular flexibility index (Phi) is 18.6. The molecule has 3 rings (SSSR count). The number of benzene rings is 1. The number of nitrogens with two attached hydrogens (primary N) is 1. The Hall–Kier alpha value is -2.57. The molecule has 6 heteroatoms. The summed E-state index contributed by atoms with van der Waals surface area (Å²) >= 11 is 1.64. The molecular weight excluding hydrogens is 587 g/mol. The van der Waals surface area contributed by atoms with Gasteiger partial charge in [0.15, 0.2) is 0 Å². The van der Waals surface area contributed by atoms with E-state index in [1.54, 1.807) is 11.8 Å². The van der Waals surface area contributed by atoms with E-state index in [2.05, 4.69) is 96.2 Å². The first kappa shape index (κ1) is 41.5. The second-order valence-corrected chi connectivity index (χ2v) is 15.1. The van der Waals surface area contributed by atoms with Crippen LogP contribution in [0.3, 0.4) is 0 Å². The standard InChI is InChI=1S/C24H36N2O2S.C13H21N.C3H8/c1-6-17(3)10-12-28-21-9-8-19(14-18(21)7-2)20-15-22(23(25)26-16-20)29-13-11-24(4,5)27;1-6-14-12-7-8-13(4,5)9-11(12)10(2)3;1-3-2/h8-9,14-17,27H,6-7,10-13H2,1-5H3,(H2,25,26);6H,2,7-9H2,1,3-5H3;3H2,1-2H3. The van der Waals surface area contributed by atoms with Crippen molar-refractivity contribution in [3.8, 4) is 16.9 Å². The third kappa shape index (κ3) is 15.3. The summed E-state index contributed by atoms with van der Waals surface area (Å²) < 4.78 is 6.06. The fourth-order valence-electron chi connectivity index (χ4n) is 4.86. The van der Waals surface area contributed by atoms with Gasteiger partial charge in [0.1, 0.15) is 11.6 Å². The Bertz CT molecular complexity index is 1270. The summed E-state index contributed by atoms with van der Waals surface area (Å²) in [4.78, 5) is 9.79. The minimum atomic E-state index is -0.673. The number of allylic oxidation sites excluding steroid dienone is 3. The van der Waals surface area contributed by atoms with Crippen LogP contribution in [0, 0.1) is 11.3 Å². The first-order chi connectivity index (χ1) is 21.6. The maximum absolute atomic E-state index is 9.92. The van der Waals surface area contributed by atoms with Crippen molar-refractivity contribution in [2.45, 2.75) is 138 Å². The van der Waals surface area contributed by atoms with E-state index in [9.17, 15) is 5.11 Å². The van der Waals surface area contributed by atoms with Gasteiger partial charge < -0.3 is 15.6 Å². The number of hydrogen-bond acceptors (Lipinski definition) is 6. The van der Waals surface area contributed by atoms with Crippen molar-refractivity contribution in [1.29, 1.82) is 0 Å². The van der Waals surface area contributed by atoms with Crippen molar-refractivity contribution in [3.63, 3.8) is 0 Å². The SMILES string of the molecule is C=C(C)C1=C(N=CC)CCC(C)(C)C1.CCC.CCc1cc(-c2cnc(N)c(SCCC(C)(C)O)c2)ccc1OCCC(C)CC. The molecule has 0 amide bonds. The third-order valence-electron chi connectivity index (χ3n) is 8.04. The molecule has 1 aliphatic carbocycles. The molecule has 1 aromatic heterocycles. The zero-order valence-electron chi connectivity index (χ0n) is 31.1. The zero-order chi connectivity index (χ0) is 34.9. The van der Waals surface area contributed by atoms with Crippen LogP contribution in [0.4, 0.5) is 5.82 Å². The van der Waals surface area contributed by atoms with Gasteiger partial charge in [-0.2, -0.15) is 0 Å². The van der Waals surface area contributed by atoms with Crippen LogP contribution in [-0.4, -0.2) is 34.3 Å². The Labute approximate surface area is 286 Å². The average molecular weight is 652 g/mol. The Balaban J connectivity index is 0.000000517. The lowest BCUT2D eigenvalue weighted by atomic mass is 9.74. The number of aliphatic hydroxyl groups is 1. The van der Waals surface area contributed by atoms with Crippen molar-refractivity contribution < 1.29 is 9.84 Å². The normalized spacial score (nSPS) is 15.0. The van der Waals surface area contributed by atoms with Crippen molar-refractivity contribution >= 4 is 23.8 Å². The highest BCUT2D eigenvalue weighted by molar-refractivity contribution is 7.99. The van der Waals surface area contributed by atoms with Gasteiger partial charge in [-0.3, -0.25) is 4.99 Å². The third-order valence-corrected chi connectivity index (χ3v) is 9.08. The molecule has 1 aliphatic rings. The van der Waals surface area contributed by atoms with Crippen LogP contribution < -0.4 is 10.5 Å². The van der Waals surface area contributed by atoms with Crippen LogP contribution in [0.2, 0.25) is 0 Å². The van der Waals surface area contributed by atoms with Crippen molar-refractivity contribution in [1.82, 2.24) is 4.98 Å². The zero-order valence-corrected chi connectivity index (χ0v) is 31.9. The molecule has 0 fully saturated rings. The molecule has 0 saturated carbocycles. The number of aromatic nitrogens is 1. The minimum absolute atomic E-state index is 0.418. The predicted molar refractivity (Wildman–Crippen MR) is 204 cm³/mol. The van der Waals surface area contributed by atoms with Gasteiger partial charge in [-0.05, 0) is 112 Å². The van der Waals surface area contributed by atoms with Crippen LogP contribution in [0.1, 0.15) is 127 Å². The topological polar surface area (TPSA) is 80.7 Å². The number of pyridine rings is 1. The Morgan fingerprint density at radius 1 is 1.20 bits per heavy atom. The van der Waals surface area contributed by atoms with E-state index in [0.29, 0.717) is 23.6 Å². The second-order valence-electron chi connectivity index (χ2n) is 14.0. The molecule has 1 heterocycles. The summed E-state index contributed by atoms with van der Waals surface area (Å²) in [5.41, 5.74) is 13.0. The van der Waals surface area contributed by atoms with E-state index in [1.807, 2.05) is 33.2 Å². The number of rotatable bonds is 13. The monoisotopic (exact) mass is 651 g/mol. The summed E-state index contributed by atoms with van der Waals surface area (Å²) in [5, 5.41) is 9.92. The second kappa shape index (κ2) is 20.6. The van der Waals surface area contributed by atoms with E-state index >= 15 is 0 Å². The molecule has 1 atom stereocenters. The van der Waals surface area contributed by atoms with E-state index in [4.69, 9.17) is 10.5 Å². The number of aryl methyl sites for hydroxylation is 1. The summed E-state index contributed by atoms with van der Waals surface area (Å²) in [5.74, 6) is 2.99. The Morgan fingerprint density at radius 3 is 2.43 bits per heavy atom. The lowest BCUT2D eigenvalue weighted by molar-refractivity contribution is 0.0777. The van der Waals surface area contributed by atoms with Crippen molar-refractivity contribution in [2.24, 2.45) is 16.3 Å². The number of thioether (sulfide) groups is 1. The highest BCUT2D eigenvalue weighted by atomic mass is 32.2. The summed E-state index contributed by atoms with van der Waals surface area (Å²) in [6.45, 7) is 28.0. The van der Waals surface area contributed by atoms with E-state index in [0.717, 1.165) is 59.8 Å². The fourth-order valence-corrected chi connectivity index (χ4v) is 6.09. The summed E-state index contributed by atoms with van der Waals surface area (Å²) in [7, 11) is 0. The van der Waals surface area contributed by atoms with Crippen LogP contribution in [0.5, 0.6) is 5.75 Å². The highest BCUT2D eigenvalue weighted by Crippen LogP contribution is 2.41. The first-order valence-corrected chi connectivity index (χ1v) is 18.3. The largest absolute Gasteiger partial charge is 0.493 e. The maximum Gasteiger partial charge on any atom is 0.137 e. The molecule has 5 nitrogen and oxygen atoms in total. The van der Waals surface area contributed by atoms with Crippen molar-refractivity contribution in [2.75, 3.05) is 18.1 Å². The quantitative estimate of drug-likeness (QED) is 0.166. The van der Waals surface area contributed by atoms with Crippen LogP contribution in [0.15, 0.2) is 63.8 Å². The summed E-state index contributed by atoms with van der Waals surface area (Å²) in [6, 6.07) is 8.45. The van der Waals surface area contributed by atoms with Crippen molar-refractivity contribution in [3.05, 3.63) is 59.4 Å². The van der Waals surface area contributed by atoms with Gasteiger partial charge in [0.25, 0.3) is 0 Å². The molecular formula is C40H65N3O2S. The van der Waals surface area contributed by atoms with Gasteiger partial charge in [-0.15, -0.1) is 11.8 Å². The molecule has 0 bridgehead atoms. The first-order valence-electron chi connectivity index (χ1n) is 17.3. The van der Waals surface area contributed by atoms with Gasteiger partial charge in [-0.1, -0.05) is 79.5 Å². The lowest BCUT2D eigenvalue weighted by Gasteiger charge is -2.32. The molecule has 3 N–H and O–H groups in total. The smallest absolute Gasteiger partial charge is 0.137 e. The number of nitrogens with zero attached hydrogens (tertiary/aromatic N) is 2. The van der Waals surface area contributed by atoms with Gasteiger partial charge in [0.05, 0.1) is 17.1 Å². The number of nitrogen functional groups attached to an aromatic ring is 1. The number of anilines is 1. The predicted octanol–water partition coefficient (Wildman–Crippen LogP) is 11.5. The van der Waals surface area contributed by atoms with Gasteiger partial charge >= 0.3 is 0 Å². The van der Waals surface area contributed by atoms with E-state index in [-0.39, 0.29) is 0 Å². The molecule has 0 saturated heterocycles. The molecule has 46 heavy (non-hydrogen) atoms. The molecule has 0 spiro atoms. The van der Waals surface area contributed by atoms with Crippen LogP contribution >= 0.6 is 11.8 Å². The number of hydrogen-bond donors (Lipinski definition) is 2.